The van der Waals surface area contributed by atoms with Crippen LogP contribution in [0.5, 0.6) is 0 Å². The van der Waals surface area contributed by atoms with Gasteiger partial charge in [0.05, 0.1) is 13.2 Å². The average Bonchev–Trinajstić information content (AvgIpc) is 2.64. The molecule has 0 saturated carbocycles. The van der Waals surface area contributed by atoms with Crippen molar-refractivity contribution >= 4 is 25.6 Å². The maximum absolute atomic E-state index is 12.4. The monoisotopic (exact) mass is 307 g/mol. The van der Waals surface area contributed by atoms with Crippen LogP contribution in [0.2, 0.25) is 0 Å². The molecule has 0 aromatic carbocycles. The Hall–Kier alpha value is -1.05. The number of nitrogens with zero attached hydrogens (tertiary/aromatic N) is 1. The van der Waals surface area contributed by atoms with Crippen molar-refractivity contribution in [2.24, 2.45) is 0 Å². The van der Waals surface area contributed by atoms with Gasteiger partial charge >= 0.3 is 0 Å². The number of carbonyl (C=O) groups excluding carboxylic acids is 1. The van der Waals surface area contributed by atoms with E-state index in [4.69, 9.17) is 19.8 Å². The first-order valence-corrected chi connectivity index (χ1v) is 8.05. The molecule has 19 heavy (non-hydrogen) atoms. The topological polar surface area (TPSA) is 76.8 Å². The Morgan fingerprint density at radius 2 is 1.79 bits per heavy atom. The molecule has 1 saturated heterocycles. The van der Waals surface area contributed by atoms with E-state index in [1.165, 1.54) is 11.8 Å². The van der Waals surface area contributed by atoms with E-state index in [0.717, 1.165) is 0 Å². The zero-order valence-corrected chi connectivity index (χ0v) is 12.2. The van der Waals surface area contributed by atoms with Gasteiger partial charge in [-0.3, -0.25) is 4.79 Å². The SMILES string of the molecule is Cc1oc(C)c(S(=O)(=O)Cl)c1C(=O)N1CCOCC1. The summed E-state index contributed by atoms with van der Waals surface area (Å²) in [5.74, 6) is -0.00537. The van der Waals surface area contributed by atoms with Gasteiger partial charge in [0.25, 0.3) is 15.0 Å². The van der Waals surface area contributed by atoms with Crippen LogP contribution in [0.1, 0.15) is 21.9 Å². The third-order valence-electron chi connectivity index (χ3n) is 2.96. The fourth-order valence-corrected chi connectivity index (χ4v) is 3.55. The molecule has 0 bridgehead atoms. The minimum Gasteiger partial charge on any atom is -0.464 e. The summed E-state index contributed by atoms with van der Waals surface area (Å²) in [5.41, 5.74) is 0.0226. The van der Waals surface area contributed by atoms with Gasteiger partial charge < -0.3 is 14.1 Å². The highest BCUT2D eigenvalue weighted by atomic mass is 35.7. The van der Waals surface area contributed by atoms with E-state index in [9.17, 15) is 13.2 Å². The molecular weight excluding hydrogens is 294 g/mol. The second kappa shape index (κ2) is 5.15. The summed E-state index contributed by atoms with van der Waals surface area (Å²) in [7, 11) is 1.35. The van der Waals surface area contributed by atoms with Crippen molar-refractivity contribution in [3.8, 4) is 0 Å². The number of aryl methyl sites for hydroxylation is 2. The van der Waals surface area contributed by atoms with Crippen LogP contribution in [0, 0.1) is 13.8 Å². The van der Waals surface area contributed by atoms with Crippen molar-refractivity contribution in [2.75, 3.05) is 26.3 Å². The van der Waals surface area contributed by atoms with Gasteiger partial charge in [0.2, 0.25) is 0 Å². The number of morpholine rings is 1. The molecule has 106 valence electrons. The third kappa shape index (κ3) is 2.77. The molecule has 0 N–H and O–H groups in total. The van der Waals surface area contributed by atoms with Gasteiger partial charge in [0.15, 0.2) is 0 Å². The molecule has 1 aromatic heterocycles. The quantitative estimate of drug-likeness (QED) is 0.770. The summed E-state index contributed by atoms with van der Waals surface area (Å²) >= 11 is 0. The standard InChI is InChI=1S/C11H14ClNO5S/c1-7-9(10(8(2)18-7)19(12,15)16)11(14)13-3-5-17-6-4-13/h3-6H2,1-2H3. The van der Waals surface area contributed by atoms with E-state index < -0.39 is 15.0 Å². The van der Waals surface area contributed by atoms with Crippen LogP contribution < -0.4 is 0 Å². The lowest BCUT2D eigenvalue weighted by Gasteiger charge is -2.26. The molecule has 1 fully saturated rings. The van der Waals surface area contributed by atoms with Crippen LogP contribution in [-0.2, 0) is 13.8 Å². The lowest BCUT2D eigenvalue weighted by atomic mass is 10.2. The Bertz CT molecular complexity index is 601. The van der Waals surface area contributed by atoms with Crippen molar-refractivity contribution in [1.29, 1.82) is 0 Å². The first-order chi connectivity index (χ1) is 8.82. The number of hydrogen-bond acceptors (Lipinski definition) is 5. The summed E-state index contributed by atoms with van der Waals surface area (Å²) in [5, 5.41) is 0. The lowest BCUT2D eigenvalue weighted by Crippen LogP contribution is -2.41. The van der Waals surface area contributed by atoms with Crippen molar-refractivity contribution in [1.82, 2.24) is 4.90 Å². The van der Waals surface area contributed by atoms with Crippen LogP contribution in [-0.4, -0.2) is 45.5 Å². The predicted molar refractivity (Wildman–Crippen MR) is 67.9 cm³/mol. The van der Waals surface area contributed by atoms with Gasteiger partial charge in [-0.05, 0) is 13.8 Å². The number of ether oxygens (including phenoxy) is 1. The smallest absolute Gasteiger partial charge is 0.265 e. The van der Waals surface area contributed by atoms with Crippen molar-refractivity contribution in [3.63, 3.8) is 0 Å². The molecule has 2 rings (SSSR count). The fourth-order valence-electron chi connectivity index (χ4n) is 2.13. The number of rotatable bonds is 2. The fraction of sp³-hybridized carbons (Fsp3) is 0.545. The Morgan fingerprint density at radius 3 is 2.32 bits per heavy atom. The zero-order chi connectivity index (χ0) is 14.2. The summed E-state index contributed by atoms with van der Waals surface area (Å²) in [6.45, 7) is 4.73. The highest BCUT2D eigenvalue weighted by Gasteiger charge is 2.32. The third-order valence-corrected chi connectivity index (χ3v) is 4.40. The summed E-state index contributed by atoms with van der Waals surface area (Å²) in [6, 6.07) is 0. The van der Waals surface area contributed by atoms with Crippen LogP contribution in [0.15, 0.2) is 9.31 Å². The van der Waals surface area contributed by atoms with E-state index in [0.29, 0.717) is 26.3 Å². The van der Waals surface area contributed by atoms with E-state index in [1.54, 1.807) is 6.92 Å². The van der Waals surface area contributed by atoms with Gasteiger partial charge in [0, 0.05) is 23.8 Å². The number of furan rings is 1. The number of amides is 1. The summed E-state index contributed by atoms with van der Waals surface area (Å²) < 4.78 is 33.6. The van der Waals surface area contributed by atoms with Gasteiger partial charge in [0.1, 0.15) is 22.0 Å². The molecule has 1 aromatic rings. The first kappa shape index (κ1) is 14.4. The van der Waals surface area contributed by atoms with E-state index >= 15 is 0 Å². The van der Waals surface area contributed by atoms with E-state index in [1.807, 2.05) is 0 Å². The highest BCUT2D eigenvalue weighted by molar-refractivity contribution is 8.13. The molecule has 1 aliphatic heterocycles. The minimum absolute atomic E-state index is 0.0226. The van der Waals surface area contributed by atoms with Gasteiger partial charge in [-0.25, -0.2) is 8.42 Å². The summed E-state index contributed by atoms with van der Waals surface area (Å²) in [6.07, 6.45) is 0. The second-order valence-electron chi connectivity index (χ2n) is 4.26. The summed E-state index contributed by atoms with van der Waals surface area (Å²) in [4.78, 5) is 13.7. The number of carbonyl (C=O) groups is 1. The first-order valence-electron chi connectivity index (χ1n) is 5.74. The Kier molecular flexibility index (Phi) is 3.89. The zero-order valence-electron chi connectivity index (χ0n) is 10.6. The maximum Gasteiger partial charge on any atom is 0.265 e. The molecular formula is C11H14ClNO5S. The lowest BCUT2D eigenvalue weighted by molar-refractivity contribution is 0.0299. The molecule has 2 heterocycles. The van der Waals surface area contributed by atoms with Crippen molar-refractivity contribution in [2.45, 2.75) is 18.7 Å². The molecule has 0 unspecified atom stereocenters. The minimum atomic E-state index is -4.03. The maximum atomic E-state index is 12.4. The molecule has 8 heteroatoms. The molecule has 6 nitrogen and oxygen atoms in total. The molecule has 0 spiro atoms. The van der Waals surface area contributed by atoms with E-state index in [2.05, 4.69) is 0 Å². The highest BCUT2D eigenvalue weighted by Crippen LogP contribution is 2.30. The number of halogens is 1. The number of hydrogen-bond donors (Lipinski definition) is 0. The molecule has 0 radical (unpaired) electrons. The molecule has 1 amide bonds. The molecule has 1 aliphatic rings. The van der Waals surface area contributed by atoms with Crippen LogP contribution in [0.4, 0.5) is 0 Å². The predicted octanol–water partition coefficient (Wildman–Crippen LogP) is 1.30. The van der Waals surface area contributed by atoms with Gasteiger partial charge in [-0.15, -0.1) is 0 Å². The van der Waals surface area contributed by atoms with Crippen LogP contribution in [0.3, 0.4) is 0 Å². The van der Waals surface area contributed by atoms with Crippen LogP contribution in [0.25, 0.3) is 0 Å². The van der Waals surface area contributed by atoms with Gasteiger partial charge in [-0.1, -0.05) is 0 Å². The van der Waals surface area contributed by atoms with E-state index in [-0.39, 0.29) is 22.0 Å². The van der Waals surface area contributed by atoms with Crippen LogP contribution >= 0.6 is 10.7 Å². The Morgan fingerprint density at radius 1 is 1.21 bits per heavy atom. The Labute approximate surface area is 115 Å². The van der Waals surface area contributed by atoms with Crippen molar-refractivity contribution < 1.29 is 22.4 Å². The van der Waals surface area contributed by atoms with Crippen molar-refractivity contribution in [3.05, 3.63) is 17.1 Å². The molecule has 0 aliphatic carbocycles. The normalized spacial score (nSPS) is 16.7. The second-order valence-corrected chi connectivity index (χ2v) is 6.76. The Balaban J connectivity index is 2.47. The largest absolute Gasteiger partial charge is 0.464 e. The molecule has 0 atom stereocenters. The average molecular weight is 308 g/mol. The van der Waals surface area contributed by atoms with Gasteiger partial charge in [-0.2, -0.15) is 0 Å².